The number of carbonyl (C=O) groups is 1. The van der Waals surface area contributed by atoms with Crippen LogP contribution in [0.2, 0.25) is 0 Å². The van der Waals surface area contributed by atoms with Gasteiger partial charge in [0.1, 0.15) is 6.04 Å². The molecule has 1 atom stereocenters. The normalized spacial score (nSPS) is 17.7. The van der Waals surface area contributed by atoms with E-state index in [1.807, 2.05) is 30.3 Å². The van der Waals surface area contributed by atoms with Crippen molar-refractivity contribution in [2.75, 3.05) is 27.2 Å². The standard InChI is InChI=1S/C14H20N2O2/c1-15(18-2)14(17)13(16-10-6-7-11-16)12-8-4-3-5-9-12/h3-5,8-9,13H,6-7,10-11H2,1-2H3/t13-/m0/s1. The summed E-state index contributed by atoms with van der Waals surface area (Å²) in [5.41, 5.74) is 1.04. The van der Waals surface area contributed by atoms with Crippen molar-refractivity contribution < 1.29 is 9.63 Å². The van der Waals surface area contributed by atoms with E-state index in [4.69, 9.17) is 4.84 Å². The Bertz CT molecular complexity index is 388. The predicted molar refractivity (Wildman–Crippen MR) is 69.8 cm³/mol. The fraction of sp³-hybridized carbons (Fsp3) is 0.500. The number of carbonyl (C=O) groups excluding carboxylic acids is 1. The molecule has 98 valence electrons. The smallest absolute Gasteiger partial charge is 0.267 e. The lowest BCUT2D eigenvalue weighted by atomic mass is 10.0. The fourth-order valence-corrected chi connectivity index (χ4v) is 2.41. The van der Waals surface area contributed by atoms with E-state index in [9.17, 15) is 4.79 Å². The van der Waals surface area contributed by atoms with E-state index in [0.717, 1.165) is 31.5 Å². The number of benzene rings is 1. The third-order valence-electron chi connectivity index (χ3n) is 3.44. The second-order valence-electron chi connectivity index (χ2n) is 4.57. The molecule has 0 aliphatic carbocycles. The van der Waals surface area contributed by atoms with Crippen LogP contribution in [0.3, 0.4) is 0 Å². The SMILES string of the molecule is CON(C)C(=O)[C@H](c1ccccc1)N1CCCC1. The molecule has 0 unspecified atom stereocenters. The van der Waals surface area contributed by atoms with E-state index in [2.05, 4.69) is 4.90 Å². The van der Waals surface area contributed by atoms with Gasteiger partial charge in [0.25, 0.3) is 5.91 Å². The third kappa shape index (κ3) is 2.71. The molecule has 1 heterocycles. The summed E-state index contributed by atoms with van der Waals surface area (Å²) in [7, 11) is 3.18. The van der Waals surface area contributed by atoms with Crippen LogP contribution in [0, 0.1) is 0 Å². The van der Waals surface area contributed by atoms with Crippen molar-refractivity contribution in [3.63, 3.8) is 0 Å². The van der Waals surface area contributed by atoms with Crippen molar-refractivity contribution >= 4 is 5.91 Å². The molecular formula is C14H20N2O2. The van der Waals surface area contributed by atoms with Gasteiger partial charge in [-0.05, 0) is 31.5 Å². The maximum atomic E-state index is 12.4. The lowest BCUT2D eigenvalue weighted by Gasteiger charge is -2.29. The highest BCUT2D eigenvalue weighted by Gasteiger charge is 2.31. The Kier molecular flexibility index (Phi) is 4.33. The molecule has 4 nitrogen and oxygen atoms in total. The van der Waals surface area contributed by atoms with Crippen LogP contribution in [-0.2, 0) is 9.63 Å². The Labute approximate surface area is 108 Å². The predicted octanol–water partition coefficient (Wildman–Crippen LogP) is 1.84. The number of amides is 1. The van der Waals surface area contributed by atoms with Crippen molar-refractivity contribution in [3.05, 3.63) is 35.9 Å². The van der Waals surface area contributed by atoms with Crippen LogP contribution >= 0.6 is 0 Å². The van der Waals surface area contributed by atoms with Crippen molar-refractivity contribution in [1.82, 2.24) is 9.96 Å². The maximum absolute atomic E-state index is 12.4. The first kappa shape index (κ1) is 13.1. The van der Waals surface area contributed by atoms with Gasteiger partial charge in [-0.1, -0.05) is 30.3 Å². The molecular weight excluding hydrogens is 228 g/mol. The Balaban J connectivity index is 2.25. The topological polar surface area (TPSA) is 32.8 Å². The van der Waals surface area contributed by atoms with E-state index >= 15 is 0 Å². The number of likely N-dealkylation sites (N-methyl/N-ethyl adjacent to an activating group) is 1. The summed E-state index contributed by atoms with van der Waals surface area (Å²) in [6.07, 6.45) is 2.32. The Morgan fingerprint density at radius 1 is 1.28 bits per heavy atom. The average Bonchev–Trinajstić information content (AvgIpc) is 2.93. The molecule has 0 radical (unpaired) electrons. The lowest BCUT2D eigenvalue weighted by Crippen LogP contribution is -2.39. The Hall–Kier alpha value is -1.39. The first-order valence-electron chi connectivity index (χ1n) is 6.34. The molecule has 1 fully saturated rings. The largest absolute Gasteiger partial charge is 0.288 e. The zero-order valence-electron chi connectivity index (χ0n) is 11.0. The highest BCUT2D eigenvalue weighted by molar-refractivity contribution is 5.82. The van der Waals surface area contributed by atoms with Crippen LogP contribution in [0.1, 0.15) is 24.4 Å². The van der Waals surface area contributed by atoms with Crippen LogP contribution in [0.4, 0.5) is 0 Å². The molecule has 2 rings (SSSR count). The number of hydrogen-bond donors (Lipinski definition) is 0. The van der Waals surface area contributed by atoms with Gasteiger partial charge in [0, 0.05) is 7.05 Å². The molecule has 18 heavy (non-hydrogen) atoms. The average molecular weight is 248 g/mol. The van der Waals surface area contributed by atoms with E-state index in [1.54, 1.807) is 7.05 Å². The van der Waals surface area contributed by atoms with Gasteiger partial charge in [0.05, 0.1) is 7.11 Å². The van der Waals surface area contributed by atoms with E-state index < -0.39 is 0 Å². The number of hydrogen-bond acceptors (Lipinski definition) is 3. The number of rotatable bonds is 4. The molecule has 1 aliphatic rings. The number of nitrogens with zero attached hydrogens (tertiary/aromatic N) is 2. The summed E-state index contributed by atoms with van der Waals surface area (Å²) in [6, 6.07) is 9.69. The quantitative estimate of drug-likeness (QED) is 0.762. The van der Waals surface area contributed by atoms with E-state index in [0.29, 0.717) is 0 Å². The van der Waals surface area contributed by atoms with Crippen LogP contribution in [0.25, 0.3) is 0 Å². The third-order valence-corrected chi connectivity index (χ3v) is 3.44. The van der Waals surface area contributed by atoms with Gasteiger partial charge >= 0.3 is 0 Å². The molecule has 0 N–H and O–H groups in total. The van der Waals surface area contributed by atoms with Gasteiger partial charge in [-0.2, -0.15) is 0 Å². The van der Waals surface area contributed by atoms with E-state index in [1.165, 1.54) is 12.2 Å². The minimum Gasteiger partial charge on any atom is -0.288 e. The number of hydroxylamine groups is 2. The fourth-order valence-electron chi connectivity index (χ4n) is 2.41. The Morgan fingerprint density at radius 3 is 2.44 bits per heavy atom. The molecule has 1 aromatic rings. The molecule has 4 heteroatoms. The molecule has 1 aliphatic heterocycles. The summed E-state index contributed by atoms with van der Waals surface area (Å²) in [5.74, 6) is -0.00870. The minimum atomic E-state index is -0.223. The molecule has 1 saturated heterocycles. The van der Waals surface area contributed by atoms with Crippen LogP contribution in [0.5, 0.6) is 0 Å². The summed E-state index contributed by atoms with van der Waals surface area (Å²) in [5, 5.41) is 1.32. The summed E-state index contributed by atoms with van der Waals surface area (Å²) >= 11 is 0. The monoisotopic (exact) mass is 248 g/mol. The highest BCUT2D eigenvalue weighted by atomic mass is 16.7. The first-order chi connectivity index (χ1) is 8.74. The summed E-state index contributed by atoms with van der Waals surface area (Å²) < 4.78 is 0. The van der Waals surface area contributed by atoms with Gasteiger partial charge in [0.2, 0.25) is 0 Å². The highest BCUT2D eigenvalue weighted by Crippen LogP contribution is 2.26. The molecule has 0 aromatic heterocycles. The Morgan fingerprint density at radius 2 is 1.89 bits per heavy atom. The zero-order valence-corrected chi connectivity index (χ0v) is 11.0. The van der Waals surface area contributed by atoms with Crippen LogP contribution < -0.4 is 0 Å². The van der Waals surface area contributed by atoms with Crippen molar-refractivity contribution in [2.45, 2.75) is 18.9 Å². The second-order valence-corrected chi connectivity index (χ2v) is 4.57. The van der Waals surface area contributed by atoms with Crippen molar-refractivity contribution in [2.24, 2.45) is 0 Å². The first-order valence-corrected chi connectivity index (χ1v) is 6.34. The van der Waals surface area contributed by atoms with Gasteiger partial charge < -0.3 is 0 Å². The van der Waals surface area contributed by atoms with Crippen LogP contribution in [0.15, 0.2) is 30.3 Å². The van der Waals surface area contributed by atoms with Gasteiger partial charge in [-0.3, -0.25) is 14.5 Å². The maximum Gasteiger partial charge on any atom is 0.267 e. The molecule has 0 spiro atoms. The molecule has 0 bridgehead atoms. The molecule has 0 saturated carbocycles. The van der Waals surface area contributed by atoms with Gasteiger partial charge in [-0.25, -0.2) is 5.06 Å². The summed E-state index contributed by atoms with van der Waals surface area (Å²) in [6.45, 7) is 1.95. The van der Waals surface area contributed by atoms with Crippen molar-refractivity contribution in [3.8, 4) is 0 Å². The lowest BCUT2D eigenvalue weighted by molar-refractivity contribution is -0.174. The number of likely N-dealkylation sites (tertiary alicyclic amines) is 1. The zero-order chi connectivity index (χ0) is 13.0. The van der Waals surface area contributed by atoms with Crippen molar-refractivity contribution in [1.29, 1.82) is 0 Å². The molecule has 1 amide bonds. The minimum absolute atomic E-state index is 0.00870. The summed E-state index contributed by atoms with van der Waals surface area (Å²) in [4.78, 5) is 19.7. The second kappa shape index (κ2) is 5.98. The van der Waals surface area contributed by atoms with Gasteiger partial charge in [0.15, 0.2) is 0 Å². The molecule has 1 aromatic carbocycles. The van der Waals surface area contributed by atoms with Crippen LogP contribution in [-0.4, -0.2) is 43.1 Å². The van der Waals surface area contributed by atoms with Gasteiger partial charge in [-0.15, -0.1) is 0 Å². The van der Waals surface area contributed by atoms with E-state index in [-0.39, 0.29) is 11.9 Å².